The Morgan fingerprint density at radius 3 is 2.59 bits per heavy atom. The van der Waals surface area contributed by atoms with Gasteiger partial charge in [-0.3, -0.25) is 14.5 Å². The third kappa shape index (κ3) is 4.85. The second kappa shape index (κ2) is 9.99. The molecule has 0 aliphatic carbocycles. The summed E-state index contributed by atoms with van der Waals surface area (Å²) in [6.45, 7) is 3.00. The number of carbonyl (C=O) groups excluding carboxylic acids is 2. The molecule has 7 nitrogen and oxygen atoms in total. The molecule has 166 valence electrons. The predicted octanol–water partition coefficient (Wildman–Crippen LogP) is 3.58. The van der Waals surface area contributed by atoms with Crippen LogP contribution >= 0.6 is 11.8 Å². The molecule has 2 aromatic heterocycles. The Balaban J connectivity index is 1.37. The predicted molar refractivity (Wildman–Crippen MR) is 122 cm³/mol. The van der Waals surface area contributed by atoms with Crippen molar-refractivity contribution >= 4 is 23.6 Å². The summed E-state index contributed by atoms with van der Waals surface area (Å²) in [4.78, 5) is 30.5. The highest BCUT2D eigenvalue weighted by Gasteiger charge is 2.38. The fraction of sp³-hybridized carbons (Fsp3) is 0.333. The van der Waals surface area contributed by atoms with Crippen LogP contribution in [0.15, 0.2) is 59.4 Å². The SMILES string of the molecule is CCCSC1CC(=O)N(CC[n+]2ccc(-c3ncc(-c4ccc(OC)cc4)o3)cc2)C1=O. The summed E-state index contributed by atoms with van der Waals surface area (Å²) in [7, 11) is 1.63. The third-order valence-corrected chi connectivity index (χ3v) is 6.74. The Hall–Kier alpha value is -3.13. The lowest BCUT2D eigenvalue weighted by atomic mass is 10.2. The van der Waals surface area contributed by atoms with Crippen molar-refractivity contribution in [3.8, 4) is 28.5 Å². The number of amides is 2. The number of likely N-dealkylation sites (tertiary alicyclic amines) is 1. The molecule has 1 saturated heterocycles. The second-order valence-corrected chi connectivity index (χ2v) is 8.84. The summed E-state index contributed by atoms with van der Waals surface area (Å²) in [5.74, 6) is 2.76. The average molecular weight is 453 g/mol. The normalized spacial score (nSPS) is 16.1. The molecule has 0 spiro atoms. The van der Waals surface area contributed by atoms with Crippen LogP contribution in [-0.4, -0.2) is 46.4 Å². The number of ether oxygens (including phenoxy) is 1. The van der Waals surface area contributed by atoms with Gasteiger partial charge in [-0.25, -0.2) is 9.55 Å². The Kier molecular flexibility index (Phi) is 6.90. The Labute approximate surface area is 191 Å². The van der Waals surface area contributed by atoms with Gasteiger partial charge in [-0.15, -0.1) is 11.8 Å². The zero-order valence-corrected chi connectivity index (χ0v) is 19.0. The fourth-order valence-electron chi connectivity index (χ4n) is 3.54. The maximum Gasteiger partial charge on any atom is 0.243 e. The minimum absolute atomic E-state index is 0.0588. The van der Waals surface area contributed by atoms with Gasteiger partial charge in [0.25, 0.3) is 0 Å². The topological polar surface area (TPSA) is 76.5 Å². The zero-order valence-electron chi connectivity index (χ0n) is 18.2. The molecule has 32 heavy (non-hydrogen) atoms. The van der Waals surface area contributed by atoms with Gasteiger partial charge < -0.3 is 9.15 Å². The number of thioether (sulfide) groups is 1. The van der Waals surface area contributed by atoms with Crippen molar-refractivity contribution < 1.29 is 23.3 Å². The number of benzene rings is 1. The van der Waals surface area contributed by atoms with Crippen molar-refractivity contribution in [1.82, 2.24) is 9.88 Å². The molecule has 3 heterocycles. The van der Waals surface area contributed by atoms with Gasteiger partial charge in [0, 0.05) is 29.7 Å². The molecule has 1 aromatic carbocycles. The standard InChI is InChI=1S/C24H26N3O4S/c1-3-14-32-21-15-22(28)27(24(21)29)13-12-26-10-8-18(9-11-26)23-25-16-20(31-23)17-4-6-19(30-2)7-5-17/h4-11,16,21H,3,12-15H2,1-2H3/q+1. The molecular weight excluding hydrogens is 426 g/mol. The van der Waals surface area contributed by atoms with Crippen molar-refractivity contribution in [3.63, 3.8) is 0 Å². The summed E-state index contributed by atoms with van der Waals surface area (Å²) < 4.78 is 13.1. The van der Waals surface area contributed by atoms with Crippen LogP contribution in [0.4, 0.5) is 0 Å². The summed E-state index contributed by atoms with van der Waals surface area (Å²) >= 11 is 1.58. The first kappa shape index (κ1) is 22.1. The van der Waals surface area contributed by atoms with Gasteiger partial charge in [0.1, 0.15) is 5.75 Å². The van der Waals surface area contributed by atoms with Gasteiger partial charge in [-0.1, -0.05) is 6.92 Å². The first-order valence-electron chi connectivity index (χ1n) is 10.6. The third-order valence-electron chi connectivity index (χ3n) is 5.33. The average Bonchev–Trinajstić information content (AvgIpc) is 3.42. The number of methoxy groups -OCH3 is 1. The molecule has 1 fully saturated rings. The Bertz CT molecular complexity index is 1080. The van der Waals surface area contributed by atoms with Crippen molar-refractivity contribution in [2.24, 2.45) is 0 Å². The molecule has 0 saturated carbocycles. The smallest absolute Gasteiger partial charge is 0.243 e. The van der Waals surface area contributed by atoms with E-state index in [4.69, 9.17) is 9.15 Å². The molecule has 3 aromatic rings. The highest BCUT2D eigenvalue weighted by molar-refractivity contribution is 8.00. The van der Waals surface area contributed by atoms with Crippen molar-refractivity contribution in [2.75, 3.05) is 19.4 Å². The van der Waals surface area contributed by atoms with E-state index in [0.717, 1.165) is 29.1 Å². The van der Waals surface area contributed by atoms with Crippen molar-refractivity contribution in [3.05, 3.63) is 55.0 Å². The van der Waals surface area contributed by atoms with Crippen LogP contribution in [0.2, 0.25) is 0 Å². The van der Waals surface area contributed by atoms with E-state index < -0.39 is 0 Å². The van der Waals surface area contributed by atoms with Gasteiger partial charge in [-0.2, -0.15) is 0 Å². The Morgan fingerprint density at radius 1 is 1.16 bits per heavy atom. The molecule has 8 heteroatoms. The highest BCUT2D eigenvalue weighted by Crippen LogP contribution is 2.27. The largest absolute Gasteiger partial charge is 0.497 e. The van der Waals surface area contributed by atoms with Crippen LogP contribution in [0.25, 0.3) is 22.8 Å². The first-order valence-corrected chi connectivity index (χ1v) is 11.7. The van der Waals surface area contributed by atoms with E-state index >= 15 is 0 Å². The molecule has 0 N–H and O–H groups in total. The van der Waals surface area contributed by atoms with E-state index in [1.54, 1.807) is 25.1 Å². The van der Waals surface area contributed by atoms with Crippen LogP contribution in [0.3, 0.4) is 0 Å². The van der Waals surface area contributed by atoms with Crippen LogP contribution in [0.5, 0.6) is 5.75 Å². The molecule has 2 amide bonds. The summed E-state index contributed by atoms with van der Waals surface area (Å²) in [5.41, 5.74) is 1.77. The number of rotatable bonds is 9. The molecule has 4 rings (SSSR count). The number of pyridine rings is 1. The van der Waals surface area contributed by atoms with Gasteiger partial charge in [0.2, 0.25) is 17.7 Å². The maximum absolute atomic E-state index is 12.5. The van der Waals surface area contributed by atoms with Crippen molar-refractivity contribution in [1.29, 1.82) is 0 Å². The number of hydrogen-bond acceptors (Lipinski definition) is 6. The van der Waals surface area contributed by atoms with Crippen LogP contribution in [0, 0.1) is 0 Å². The van der Waals surface area contributed by atoms with Crippen molar-refractivity contribution in [2.45, 2.75) is 31.6 Å². The minimum atomic E-state index is -0.222. The molecule has 0 radical (unpaired) electrons. The number of nitrogens with zero attached hydrogens (tertiary/aromatic N) is 3. The Morgan fingerprint density at radius 2 is 1.91 bits per heavy atom. The molecular formula is C24H26N3O4S+. The van der Waals surface area contributed by atoms with E-state index in [1.807, 2.05) is 53.4 Å². The molecule has 1 aliphatic heterocycles. The van der Waals surface area contributed by atoms with Crippen LogP contribution < -0.4 is 9.30 Å². The number of hydrogen-bond donors (Lipinski definition) is 0. The molecule has 0 bridgehead atoms. The lowest BCUT2D eigenvalue weighted by Gasteiger charge is -2.12. The van der Waals surface area contributed by atoms with E-state index in [-0.39, 0.29) is 17.1 Å². The molecule has 1 aliphatic rings. The summed E-state index contributed by atoms with van der Waals surface area (Å²) in [6.07, 6.45) is 6.82. The van der Waals surface area contributed by atoms with Gasteiger partial charge in [-0.05, 0) is 36.4 Å². The fourth-order valence-corrected chi connectivity index (χ4v) is 4.59. The highest BCUT2D eigenvalue weighted by atomic mass is 32.2. The zero-order chi connectivity index (χ0) is 22.5. The van der Waals surface area contributed by atoms with E-state index in [1.165, 1.54) is 4.90 Å². The molecule has 1 atom stereocenters. The number of aromatic nitrogens is 2. The van der Waals surface area contributed by atoms with Gasteiger partial charge in [0.15, 0.2) is 24.7 Å². The van der Waals surface area contributed by atoms with Crippen LogP contribution in [0.1, 0.15) is 19.8 Å². The van der Waals surface area contributed by atoms with Gasteiger partial charge >= 0.3 is 0 Å². The number of oxazole rings is 1. The quantitative estimate of drug-likeness (QED) is 0.365. The second-order valence-electron chi connectivity index (χ2n) is 7.53. The van der Waals surface area contributed by atoms with E-state index in [9.17, 15) is 9.59 Å². The number of imide groups is 1. The summed E-state index contributed by atoms with van der Waals surface area (Å²) in [6, 6.07) is 11.4. The van der Waals surface area contributed by atoms with E-state index in [0.29, 0.717) is 31.2 Å². The minimum Gasteiger partial charge on any atom is -0.497 e. The van der Waals surface area contributed by atoms with Gasteiger partial charge in [0.05, 0.1) is 25.1 Å². The monoisotopic (exact) mass is 452 g/mol. The molecule has 1 unspecified atom stereocenters. The van der Waals surface area contributed by atoms with Crippen LogP contribution in [-0.2, 0) is 16.1 Å². The lowest BCUT2D eigenvalue weighted by molar-refractivity contribution is -0.695. The number of carbonyl (C=O) groups is 2. The lowest BCUT2D eigenvalue weighted by Crippen LogP contribution is -2.42. The summed E-state index contributed by atoms with van der Waals surface area (Å²) in [5, 5.41) is -0.222. The maximum atomic E-state index is 12.5. The first-order chi connectivity index (χ1) is 15.6. The van der Waals surface area contributed by atoms with E-state index in [2.05, 4.69) is 11.9 Å².